The highest BCUT2D eigenvalue weighted by Crippen LogP contribution is 2.34. The molecule has 0 radical (unpaired) electrons. The Kier molecular flexibility index (Phi) is 5.76. The van der Waals surface area contributed by atoms with Crippen LogP contribution in [0.25, 0.3) is 0 Å². The van der Waals surface area contributed by atoms with Gasteiger partial charge in [0.2, 0.25) is 0 Å². The average Bonchev–Trinajstić information content (AvgIpc) is 2.39. The second-order valence-corrected chi connectivity index (χ2v) is 3.97. The summed E-state index contributed by atoms with van der Waals surface area (Å²) in [6, 6.07) is 3.76. The number of rotatable bonds is 6. The minimum Gasteiger partial charge on any atom is -0.465 e. The lowest BCUT2D eigenvalue weighted by Gasteiger charge is -2.21. The molecule has 0 saturated heterocycles. The standard InChI is InChI=1S/C14H16F3NO2/c1-3-9-18-12(13(19)20-4-2)10-7-5-6-8-11(10)14(15,16)17/h3,5-8,12,18H,1,4,9H2,2H3. The van der Waals surface area contributed by atoms with E-state index in [1.54, 1.807) is 6.92 Å². The quantitative estimate of drug-likeness (QED) is 0.645. The first kappa shape index (κ1) is 16.2. The van der Waals surface area contributed by atoms with Gasteiger partial charge in [-0.15, -0.1) is 6.58 Å². The summed E-state index contributed by atoms with van der Waals surface area (Å²) in [7, 11) is 0. The zero-order chi connectivity index (χ0) is 15.2. The molecule has 1 rings (SSSR count). The van der Waals surface area contributed by atoms with E-state index in [9.17, 15) is 18.0 Å². The van der Waals surface area contributed by atoms with Gasteiger partial charge in [-0.1, -0.05) is 24.3 Å². The van der Waals surface area contributed by atoms with Gasteiger partial charge in [0.15, 0.2) is 0 Å². The normalized spacial score (nSPS) is 12.8. The van der Waals surface area contributed by atoms with E-state index in [2.05, 4.69) is 11.9 Å². The maximum absolute atomic E-state index is 13.0. The van der Waals surface area contributed by atoms with E-state index in [1.165, 1.54) is 24.3 Å². The van der Waals surface area contributed by atoms with Gasteiger partial charge in [0, 0.05) is 6.54 Å². The highest BCUT2D eigenvalue weighted by molar-refractivity contribution is 5.78. The third kappa shape index (κ3) is 4.09. The highest BCUT2D eigenvalue weighted by Gasteiger charge is 2.36. The molecule has 0 aliphatic carbocycles. The molecule has 1 atom stereocenters. The monoisotopic (exact) mass is 287 g/mol. The molecule has 3 nitrogen and oxygen atoms in total. The number of benzene rings is 1. The Bertz CT molecular complexity index is 472. The molecular formula is C14H16F3NO2. The van der Waals surface area contributed by atoms with Gasteiger partial charge >= 0.3 is 12.1 Å². The summed E-state index contributed by atoms with van der Waals surface area (Å²) in [4.78, 5) is 11.8. The molecule has 0 saturated carbocycles. The zero-order valence-electron chi connectivity index (χ0n) is 11.0. The number of ether oxygens (including phenoxy) is 1. The summed E-state index contributed by atoms with van der Waals surface area (Å²) in [6.07, 6.45) is -3.07. The summed E-state index contributed by atoms with van der Waals surface area (Å²) in [5.74, 6) is -0.744. The van der Waals surface area contributed by atoms with Gasteiger partial charge in [0.1, 0.15) is 6.04 Å². The Morgan fingerprint density at radius 1 is 1.45 bits per heavy atom. The molecule has 0 heterocycles. The van der Waals surface area contributed by atoms with Crippen LogP contribution in [0.1, 0.15) is 24.1 Å². The topological polar surface area (TPSA) is 38.3 Å². The molecule has 1 aromatic rings. The van der Waals surface area contributed by atoms with Crippen molar-refractivity contribution < 1.29 is 22.7 Å². The van der Waals surface area contributed by atoms with E-state index >= 15 is 0 Å². The Morgan fingerprint density at radius 3 is 2.65 bits per heavy atom. The van der Waals surface area contributed by atoms with E-state index in [0.29, 0.717) is 0 Å². The zero-order valence-corrected chi connectivity index (χ0v) is 11.0. The van der Waals surface area contributed by atoms with Crippen LogP contribution in [0, 0.1) is 0 Å². The lowest BCUT2D eigenvalue weighted by molar-refractivity contribution is -0.147. The number of hydrogen-bond donors (Lipinski definition) is 1. The average molecular weight is 287 g/mol. The molecule has 1 aromatic carbocycles. The van der Waals surface area contributed by atoms with Crippen molar-refractivity contribution in [2.45, 2.75) is 19.1 Å². The molecule has 6 heteroatoms. The predicted molar refractivity (Wildman–Crippen MR) is 69.0 cm³/mol. The molecule has 110 valence electrons. The maximum atomic E-state index is 13.0. The molecule has 1 N–H and O–H groups in total. The fraction of sp³-hybridized carbons (Fsp3) is 0.357. The van der Waals surface area contributed by atoms with Gasteiger partial charge in [-0.2, -0.15) is 13.2 Å². The van der Waals surface area contributed by atoms with Crippen molar-refractivity contribution in [3.05, 3.63) is 48.0 Å². The van der Waals surface area contributed by atoms with E-state index in [-0.39, 0.29) is 18.7 Å². The third-order valence-corrected chi connectivity index (χ3v) is 2.57. The molecular weight excluding hydrogens is 271 g/mol. The van der Waals surface area contributed by atoms with Crippen LogP contribution in [0.5, 0.6) is 0 Å². The van der Waals surface area contributed by atoms with Gasteiger partial charge < -0.3 is 4.74 Å². The van der Waals surface area contributed by atoms with Crippen LogP contribution in [0.4, 0.5) is 13.2 Å². The maximum Gasteiger partial charge on any atom is 0.416 e. The van der Waals surface area contributed by atoms with Crippen LogP contribution in [0.15, 0.2) is 36.9 Å². The number of alkyl halides is 3. The predicted octanol–water partition coefficient (Wildman–Crippen LogP) is 3.09. The van der Waals surface area contributed by atoms with Crippen LogP contribution in [0.2, 0.25) is 0 Å². The van der Waals surface area contributed by atoms with E-state index < -0.39 is 23.8 Å². The SMILES string of the molecule is C=CCNC(C(=O)OCC)c1ccccc1C(F)(F)F. The number of nitrogens with one attached hydrogen (secondary N) is 1. The van der Waals surface area contributed by atoms with E-state index in [4.69, 9.17) is 4.74 Å². The Hall–Kier alpha value is -1.82. The molecule has 0 fully saturated rings. The second-order valence-electron chi connectivity index (χ2n) is 3.97. The first-order chi connectivity index (χ1) is 9.41. The summed E-state index contributed by atoms with van der Waals surface area (Å²) in [6.45, 7) is 5.35. The van der Waals surface area contributed by atoms with Crippen LogP contribution < -0.4 is 5.32 Å². The number of carbonyl (C=O) groups is 1. The summed E-state index contributed by atoms with van der Waals surface area (Å²) in [5.41, 5.74) is -1.00. The lowest BCUT2D eigenvalue weighted by Crippen LogP contribution is -2.32. The van der Waals surface area contributed by atoms with Gasteiger partial charge in [-0.3, -0.25) is 5.32 Å². The molecule has 0 spiro atoms. The van der Waals surface area contributed by atoms with Crippen molar-refractivity contribution in [3.8, 4) is 0 Å². The fourth-order valence-electron chi connectivity index (χ4n) is 1.75. The van der Waals surface area contributed by atoms with E-state index in [0.717, 1.165) is 6.07 Å². The number of carbonyl (C=O) groups excluding carboxylic acids is 1. The van der Waals surface area contributed by atoms with Crippen molar-refractivity contribution in [1.82, 2.24) is 5.32 Å². The lowest BCUT2D eigenvalue weighted by atomic mass is 9.99. The van der Waals surface area contributed by atoms with Crippen molar-refractivity contribution in [3.63, 3.8) is 0 Å². The largest absolute Gasteiger partial charge is 0.465 e. The molecule has 0 aliphatic rings. The van der Waals surface area contributed by atoms with Crippen molar-refractivity contribution in [1.29, 1.82) is 0 Å². The minimum absolute atomic E-state index is 0.0965. The van der Waals surface area contributed by atoms with Gasteiger partial charge in [0.05, 0.1) is 12.2 Å². The smallest absolute Gasteiger partial charge is 0.416 e. The highest BCUT2D eigenvalue weighted by atomic mass is 19.4. The minimum atomic E-state index is -4.53. The number of esters is 1. The van der Waals surface area contributed by atoms with E-state index in [1.807, 2.05) is 0 Å². The summed E-state index contributed by atoms with van der Waals surface area (Å²) >= 11 is 0. The van der Waals surface area contributed by atoms with Crippen LogP contribution in [-0.2, 0) is 15.7 Å². The molecule has 0 aliphatic heterocycles. The first-order valence-electron chi connectivity index (χ1n) is 6.08. The second kappa shape index (κ2) is 7.09. The van der Waals surface area contributed by atoms with Crippen molar-refractivity contribution in [2.75, 3.05) is 13.2 Å². The van der Waals surface area contributed by atoms with Gasteiger partial charge in [-0.05, 0) is 18.6 Å². The summed E-state index contributed by atoms with van der Waals surface area (Å²) < 4.78 is 43.8. The molecule has 0 bridgehead atoms. The van der Waals surface area contributed by atoms with Gasteiger partial charge in [-0.25, -0.2) is 4.79 Å². The number of hydrogen-bond acceptors (Lipinski definition) is 3. The van der Waals surface area contributed by atoms with Crippen molar-refractivity contribution in [2.24, 2.45) is 0 Å². The van der Waals surface area contributed by atoms with Crippen LogP contribution >= 0.6 is 0 Å². The Morgan fingerprint density at radius 2 is 2.10 bits per heavy atom. The first-order valence-corrected chi connectivity index (χ1v) is 6.08. The van der Waals surface area contributed by atoms with Gasteiger partial charge in [0.25, 0.3) is 0 Å². The Labute approximate surface area is 115 Å². The Balaban J connectivity index is 3.19. The van der Waals surface area contributed by atoms with Crippen LogP contribution in [-0.4, -0.2) is 19.1 Å². The molecule has 0 aromatic heterocycles. The fourth-order valence-corrected chi connectivity index (χ4v) is 1.75. The molecule has 0 amide bonds. The summed E-state index contributed by atoms with van der Waals surface area (Å²) in [5, 5.41) is 2.69. The molecule has 20 heavy (non-hydrogen) atoms. The van der Waals surface area contributed by atoms with Crippen LogP contribution in [0.3, 0.4) is 0 Å². The molecule has 1 unspecified atom stereocenters. The van der Waals surface area contributed by atoms with Crippen molar-refractivity contribution >= 4 is 5.97 Å². The number of halogens is 3. The third-order valence-electron chi connectivity index (χ3n) is 2.57.